The van der Waals surface area contributed by atoms with Crippen molar-refractivity contribution in [2.75, 3.05) is 11.9 Å². The molecule has 0 aliphatic heterocycles. The van der Waals surface area contributed by atoms with E-state index in [1.165, 1.54) is 18.0 Å². The molecular formula is C17H21N3O2. The van der Waals surface area contributed by atoms with Gasteiger partial charge in [-0.3, -0.25) is 4.79 Å². The molecule has 0 atom stereocenters. The summed E-state index contributed by atoms with van der Waals surface area (Å²) < 4.78 is 5.16. The smallest absolute Gasteiger partial charge is 0.316 e. The van der Waals surface area contributed by atoms with Crippen LogP contribution in [0.3, 0.4) is 0 Å². The number of hydrogen-bond acceptors (Lipinski definition) is 4. The van der Waals surface area contributed by atoms with Crippen molar-refractivity contribution in [1.29, 1.82) is 0 Å². The molecule has 1 aromatic heterocycles. The Labute approximate surface area is 130 Å². The SMILES string of the molecule is CCOc1ncc(NC(=O)c2ccc(C(C)(C)C)cc2)cn1. The number of benzene rings is 1. The summed E-state index contributed by atoms with van der Waals surface area (Å²) in [5.74, 6) is -0.187. The summed E-state index contributed by atoms with van der Waals surface area (Å²) >= 11 is 0. The van der Waals surface area contributed by atoms with Crippen LogP contribution in [0.4, 0.5) is 5.69 Å². The maximum Gasteiger partial charge on any atom is 0.316 e. The van der Waals surface area contributed by atoms with E-state index in [2.05, 4.69) is 36.1 Å². The van der Waals surface area contributed by atoms with Crippen LogP contribution in [0.2, 0.25) is 0 Å². The van der Waals surface area contributed by atoms with Crippen molar-refractivity contribution < 1.29 is 9.53 Å². The van der Waals surface area contributed by atoms with Gasteiger partial charge in [0.05, 0.1) is 24.7 Å². The molecule has 5 nitrogen and oxygen atoms in total. The van der Waals surface area contributed by atoms with Gasteiger partial charge in [-0.05, 0) is 30.0 Å². The molecule has 0 saturated heterocycles. The molecule has 0 spiro atoms. The lowest BCUT2D eigenvalue weighted by Gasteiger charge is -2.19. The third-order valence-corrected chi connectivity index (χ3v) is 3.17. The van der Waals surface area contributed by atoms with Crippen LogP contribution in [0.15, 0.2) is 36.7 Å². The van der Waals surface area contributed by atoms with Crippen molar-refractivity contribution in [2.24, 2.45) is 0 Å². The van der Waals surface area contributed by atoms with Crippen LogP contribution >= 0.6 is 0 Å². The van der Waals surface area contributed by atoms with Gasteiger partial charge < -0.3 is 10.1 Å². The summed E-state index contributed by atoms with van der Waals surface area (Å²) in [6.45, 7) is 8.78. The summed E-state index contributed by atoms with van der Waals surface area (Å²) in [7, 11) is 0. The average Bonchev–Trinajstić information content (AvgIpc) is 2.49. The molecule has 1 amide bonds. The summed E-state index contributed by atoms with van der Waals surface area (Å²) in [4.78, 5) is 20.2. The van der Waals surface area contributed by atoms with E-state index in [0.29, 0.717) is 23.9 Å². The standard InChI is InChI=1S/C17H21N3O2/c1-5-22-16-18-10-14(11-19-16)20-15(21)12-6-8-13(9-7-12)17(2,3)4/h6-11H,5H2,1-4H3,(H,20,21). The largest absolute Gasteiger partial charge is 0.464 e. The van der Waals surface area contributed by atoms with E-state index in [0.717, 1.165) is 0 Å². The first-order valence-electron chi connectivity index (χ1n) is 7.27. The molecule has 0 aliphatic carbocycles. The van der Waals surface area contributed by atoms with Crippen LogP contribution in [-0.4, -0.2) is 22.5 Å². The maximum atomic E-state index is 12.2. The zero-order chi connectivity index (χ0) is 16.2. The molecule has 22 heavy (non-hydrogen) atoms. The van der Waals surface area contributed by atoms with Crippen molar-refractivity contribution in [2.45, 2.75) is 33.1 Å². The van der Waals surface area contributed by atoms with Gasteiger partial charge in [0, 0.05) is 5.56 Å². The Balaban J connectivity index is 2.05. The monoisotopic (exact) mass is 299 g/mol. The topological polar surface area (TPSA) is 64.1 Å². The summed E-state index contributed by atoms with van der Waals surface area (Å²) in [6, 6.07) is 7.90. The quantitative estimate of drug-likeness (QED) is 0.939. The Morgan fingerprint density at radius 3 is 2.23 bits per heavy atom. The van der Waals surface area contributed by atoms with E-state index < -0.39 is 0 Å². The van der Waals surface area contributed by atoms with Gasteiger partial charge in [-0.1, -0.05) is 32.9 Å². The first-order chi connectivity index (χ1) is 10.4. The van der Waals surface area contributed by atoms with E-state index in [1.807, 2.05) is 31.2 Å². The molecule has 0 aliphatic rings. The molecule has 2 rings (SSSR count). The van der Waals surface area contributed by atoms with E-state index in [9.17, 15) is 4.79 Å². The fraction of sp³-hybridized carbons (Fsp3) is 0.353. The van der Waals surface area contributed by atoms with Gasteiger partial charge >= 0.3 is 6.01 Å². The number of rotatable bonds is 4. The van der Waals surface area contributed by atoms with Crippen LogP contribution < -0.4 is 10.1 Å². The average molecular weight is 299 g/mol. The first-order valence-corrected chi connectivity index (χ1v) is 7.27. The van der Waals surface area contributed by atoms with Gasteiger partial charge in [0.25, 0.3) is 5.91 Å². The zero-order valence-electron chi connectivity index (χ0n) is 13.4. The van der Waals surface area contributed by atoms with Gasteiger partial charge in [0.2, 0.25) is 0 Å². The van der Waals surface area contributed by atoms with Gasteiger partial charge in [-0.15, -0.1) is 0 Å². The number of hydrogen-bond donors (Lipinski definition) is 1. The minimum Gasteiger partial charge on any atom is -0.464 e. The molecule has 1 heterocycles. The Hall–Kier alpha value is -2.43. The molecular weight excluding hydrogens is 278 g/mol. The molecule has 0 fully saturated rings. The minimum atomic E-state index is -0.187. The third kappa shape index (κ3) is 4.04. The summed E-state index contributed by atoms with van der Waals surface area (Å²) in [5.41, 5.74) is 2.39. The van der Waals surface area contributed by atoms with Crippen LogP contribution in [0.1, 0.15) is 43.6 Å². The number of carbonyl (C=O) groups is 1. The molecule has 116 valence electrons. The molecule has 5 heteroatoms. The first kappa shape index (κ1) is 15.9. The van der Waals surface area contributed by atoms with Crippen molar-refractivity contribution in [3.8, 4) is 6.01 Å². The number of nitrogens with one attached hydrogen (secondary N) is 1. The summed E-state index contributed by atoms with van der Waals surface area (Å²) in [6.07, 6.45) is 3.05. The van der Waals surface area contributed by atoms with Crippen molar-refractivity contribution >= 4 is 11.6 Å². The highest BCUT2D eigenvalue weighted by Gasteiger charge is 2.14. The van der Waals surface area contributed by atoms with Crippen molar-refractivity contribution in [3.05, 3.63) is 47.8 Å². The second kappa shape index (κ2) is 6.56. The van der Waals surface area contributed by atoms with Crippen LogP contribution in [0.25, 0.3) is 0 Å². The highest BCUT2D eigenvalue weighted by atomic mass is 16.5. The molecule has 1 N–H and O–H groups in total. The predicted molar refractivity (Wildman–Crippen MR) is 86.3 cm³/mol. The second-order valence-electron chi connectivity index (χ2n) is 5.97. The summed E-state index contributed by atoms with van der Waals surface area (Å²) in [5, 5.41) is 2.77. The number of nitrogens with zero attached hydrogens (tertiary/aromatic N) is 2. The number of anilines is 1. The fourth-order valence-corrected chi connectivity index (χ4v) is 1.91. The number of aromatic nitrogens is 2. The fourth-order valence-electron chi connectivity index (χ4n) is 1.91. The Morgan fingerprint density at radius 2 is 1.73 bits per heavy atom. The van der Waals surface area contributed by atoms with Crippen LogP contribution in [0, 0.1) is 0 Å². The van der Waals surface area contributed by atoms with Gasteiger partial charge in [-0.2, -0.15) is 0 Å². The van der Waals surface area contributed by atoms with Crippen molar-refractivity contribution in [3.63, 3.8) is 0 Å². The number of amides is 1. The van der Waals surface area contributed by atoms with E-state index in [-0.39, 0.29) is 11.3 Å². The Bertz CT molecular complexity index is 628. The van der Waals surface area contributed by atoms with E-state index in [4.69, 9.17) is 4.74 Å². The number of carbonyl (C=O) groups excluding carboxylic acids is 1. The van der Waals surface area contributed by atoms with Crippen LogP contribution in [-0.2, 0) is 5.41 Å². The molecule has 0 saturated carbocycles. The molecule has 0 radical (unpaired) electrons. The van der Waals surface area contributed by atoms with Gasteiger partial charge in [-0.25, -0.2) is 9.97 Å². The molecule has 2 aromatic rings. The lowest BCUT2D eigenvalue weighted by Crippen LogP contribution is -2.14. The second-order valence-corrected chi connectivity index (χ2v) is 5.97. The molecule has 1 aromatic carbocycles. The lowest BCUT2D eigenvalue weighted by molar-refractivity contribution is 0.102. The third-order valence-electron chi connectivity index (χ3n) is 3.17. The van der Waals surface area contributed by atoms with Gasteiger partial charge in [0.15, 0.2) is 0 Å². The minimum absolute atomic E-state index is 0.0674. The number of ether oxygens (including phenoxy) is 1. The molecule has 0 unspecified atom stereocenters. The van der Waals surface area contributed by atoms with Crippen LogP contribution in [0.5, 0.6) is 6.01 Å². The normalized spacial score (nSPS) is 11.1. The highest BCUT2D eigenvalue weighted by molar-refractivity contribution is 6.04. The maximum absolute atomic E-state index is 12.2. The van der Waals surface area contributed by atoms with Crippen molar-refractivity contribution in [1.82, 2.24) is 9.97 Å². The highest BCUT2D eigenvalue weighted by Crippen LogP contribution is 2.22. The lowest BCUT2D eigenvalue weighted by atomic mass is 9.87. The molecule has 0 bridgehead atoms. The predicted octanol–water partition coefficient (Wildman–Crippen LogP) is 3.43. The van der Waals surface area contributed by atoms with E-state index >= 15 is 0 Å². The van der Waals surface area contributed by atoms with E-state index in [1.54, 1.807) is 0 Å². The Kier molecular flexibility index (Phi) is 4.75. The Morgan fingerprint density at radius 1 is 1.14 bits per heavy atom. The zero-order valence-corrected chi connectivity index (χ0v) is 13.4. The van der Waals surface area contributed by atoms with Gasteiger partial charge in [0.1, 0.15) is 0 Å².